The maximum atomic E-state index is 12.8. The number of rotatable bonds is 7. The molecule has 0 atom stereocenters. The standard InChI is InChI=1S/C22H28N2O4S/c1-17-3-7-20(8-4-17)28-16-13-23-22(25)19-5-9-21(10-6-19)29(26,27)24-14-11-18(2)12-15-24/h3-10,18H,11-16H2,1-2H3,(H,23,25). The van der Waals surface area contributed by atoms with Crippen molar-refractivity contribution in [1.82, 2.24) is 9.62 Å². The van der Waals surface area contributed by atoms with Gasteiger partial charge in [-0.25, -0.2) is 8.42 Å². The topological polar surface area (TPSA) is 75.7 Å². The predicted octanol–water partition coefficient (Wildman–Crippen LogP) is 3.22. The van der Waals surface area contributed by atoms with Gasteiger partial charge in [-0.05, 0) is 62.1 Å². The zero-order chi connectivity index (χ0) is 20.9. The van der Waals surface area contributed by atoms with Crippen molar-refractivity contribution >= 4 is 15.9 Å². The van der Waals surface area contributed by atoms with Crippen LogP contribution in [0, 0.1) is 12.8 Å². The van der Waals surface area contributed by atoms with Crippen LogP contribution in [0.2, 0.25) is 0 Å². The number of aryl methyl sites for hydroxylation is 1. The highest BCUT2D eigenvalue weighted by atomic mass is 32.2. The van der Waals surface area contributed by atoms with Crippen molar-refractivity contribution in [2.75, 3.05) is 26.2 Å². The van der Waals surface area contributed by atoms with Crippen LogP contribution in [0.15, 0.2) is 53.4 Å². The molecule has 6 nitrogen and oxygen atoms in total. The van der Waals surface area contributed by atoms with E-state index in [-0.39, 0.29) is 10.8 Å². The first-order valence-electron chi connectivity index (χ1n) is 9.94. The molecule has 29 heavy (non-hydrogen) atoms. The zero-order valence-corrected chi connectivity index (χ0v) is 17.7. The van der Waals surface area contributed by atoms with Crippen molar-refractivity contribution in [3.8, 4) is 5.75 Å². The minimum absolute atomic E-state index is 0.228. The molecule has 1 aliphatic heterocycles. The fourth-order valence-electron chi connectivity index (χ4n) is 3.22. The SMILES string of the molecule is Cc1ccc(OCCNC(=O)c2ccc(S(=O)(=O)N3CCC(C)CC3)cc2)cc1. The number of hydrogen-bond donors (Lipinski definition) is 1. The molecule has 0 unspecified atom stereocenters. The Bertz CT molecular complexity index is 916. The average Bonchev–Trinajstić information content (AvgIpc) is 2.73. The molecule has 1 amide bonds. The van der Waals surface area contributed by atoms with Crippen LogP contribution < -0.4 is 10.1 Å². The van der Waals surface area contributed by atoms with E-state index in [2.05, 4.69) is 12.2 Å². The Morgan fingerprint density at radius 2 is 1.69 bits per heavy atom. The number of sulfonamides is 1. The zero-order valence-electron chi connectivity index (χ0n) is 16.9. The number of amides is 1. The van der Waals surface area contributed by atoms with Gasteiger partial charge in [0.05, 0.1) is 11.4 Å². The first-order chi connectivity index (χ1) is 13.9. The van der Waals surface area contributed by atoms with Crippen molar-refractivity contribution < 1.29 is 17.9 Å². The van der Waals surface area contributed by atoms with Crippen LogP contribution >= 0.6 is 0 Å². The van der Waals surface area contributed by atoms with Gasteiger partial charge < -0.3 is 10.1 Å². The van der Waals surface area contributed by atoms with E-state index >= 15 is 0 Å². The quantitative estimate of drug-likeness (QED) is 0.703. The van der Waals surface area contributed by atoms with Crippen LogP contribution in [0.4, 0.5) is 0 Å². The largest absolute Gasteiger partial charge is 0.492 e. The maximum Gasteiger partial charge on any atom is 0.251 e. The summed E-state index contributed by atoms with van der Waals surface area (Å²) in [5, 5.41) is 2.78. The summed E-state index contributed by atoms with van der Waals surface area (Å²) < 4.78 is 32.6. The predicted molar refractivity (Wildman–Crippen MR) is 113 cm³/mol. The molecule has 0 radical (unpaired) electrons. The highest BCUT2D eigenvalue weighted by Crippen LogP contribution is 2.23. The van der Waals surface area contributed by atoms with Gasteiger partial charge in [-0.1, -0.05) is 24.6 Å². The average molecular weight is 417 g/mol. The number of piperidine rings is 1. The summed E-state index contributed by atoms with van der Waals surface area (Å²) in [4.78, 5) is 12.5. The van der Waals surface area contributed by atoms with Gasteiger partial charge in [0.15, 0.2) is 0 Å². The van der Waals surface area contributed by atoms with Gasteiger partial charge in [0.1, 0.15) is 12.4 Å². The molecule has 0 saturated carbocycles. The third-order valence-corrected chi connectivity index (χ3v) is 7.09. The molecule has 0 aliphatic carbocycles. The van der Waals surface area contributed by atoms with Gasteiger partial charge in [0.25, 0.3) is 5.91 Å². The third-order valence-electron chi connectivity index (χ3n) is 5.17. The van der Waals surface area contributed by atoms with E-state index in [0.29, 0.717) is 37.7 Å². The molecule has 2 aromatic rings. The Kier molecular flexibility index (Phi) is 6.92. The van der Waals surface area contributed by atoms with Crippen LogP contribution in [-0.2, 0) is 10.0 Å². The van der Waals surface area contributed by atoms with Gasteiger partial charge in [-0.15, -0.1) is 0 Å². The maximum absolute atomic E-state index is 12.8. The van der Waals surface area contributed by atoms with E-state index in [0.717, 1.165) is 24.2 Å². The van der Waals surface area contributed by atoms with Gasteiger partial charge in [-0.2, -0.15) is 4.31 Å². The van der Waals surface area contributed by atoms with Crippen LogP contribution in [0.5, 0.6) is 5.75 Å². The first-order valence-corrected chi connectivity index (χ1v) is 11.4. The molecule has 0 aromatic heterocycles. The molecule has 1 heterocycles. The number of nitrogens with one attached hydrogen (secondary N) is 1. The molecule has 156 valence electrons. The van der Waals surface area contributed by atoms with E-state index in [9.17, 15) is 13.2 Å². The fraction of sp³-hybridized carbons (Fsp3) is 0.409. The Balaban J connectivity index is 1.51. The summed E-state index contributed by atoms with van der Waals surface area (Å²) in [6.45, 7) is 5.96. The van der Waals surface area contributed by atoms with Crippen molar-refractivity contribution in [1.29, 1.82) is 0 Å². The van der Waals surface area contributed by atoms with Crippen LogP contribution in [0.1, 0.15) is 35.7 Å². The highest BCUT2D eigenvalue weighted by Gasteiger charge is 2.28. The Hall–Kier alpha value is -2.38. The Morgan fingerprint density at radius 3 is 2.31 bits per heavy atom. The minimum Gasteiger partial charge on any atom is -0.492 e. The molecular formula is C22H28N2O4S. The normalized spacial score (nSPS) is 15.8. The van der Waals surface area contributed by atoms with E-state index in [1.807, 2.05) is 31.2 Å². The third kappa shape index (κ3) is 5.58. The Morgan fingerprint density at radius 1 is 1.07 bits per heavy atom. The lowest BCUT2D eigenvalue weighted by atomic mass is 10.0. The summed E-state index contributed by atoms with van der Waals surface area (Å²) in [6.07, 6.45) is 1.76. The lowest BCUT2D eigenvalue weighted by Crippen LogP contribution is -2.37. The highest BCUT2D eigenvalue weighted by molar-refractivity contribution is 7.89. The van der Waals surface area contributed by atoms with E-state index < -0.39 is 10.0 Å². The van der Waals surface area contributed by atoms with Crippen molar-refractivity contribution in [3.05, 3.63) is 59.7 Å². The Labute approximate surface area is 172 Å². The van der Waals surface area contributed by atoms with E-state index in [4.69, 9.17) is 4.74 Å². The fourth-order valence-corrected chi connectivity index (χ4v) is 4.69. The second kappa shape index (κ2) is 9.41. The molecule has 1 aliphatic rings. The monoisotopic (exact) mass is 416 g/mol. The second-order valence-corrected chi connectivity index (χ2v) is 9.47. The summed E-state index contributed by atoms with van der Waals surface area (Å²) in [5.74, 6) is 1.06. The van der Waals surface area contributed by atoms with Crippen molar-refractivity contribution in [3.63, 3.8) is 0 Å². The molecule has 2 aromatic carbocycles. The van der Waals surface area contributed by atoms with E-state index in [1.165, 1.54) is 16.4 Å². The number of nitrogens with zero attached hydrogens (tertiary/aromatic N) is 1. The van der Waals surface area contributed by atoms with Gasteiger partial charge in [-0.3, -0.25) is 4.79 Å². The molecule has 7 heteroatoms. The summed E-state index contributed by atoms with van der Waals surface area (Å²) in [5.41, 5.74) is 1.58. The lowest BCUT2D eigenvalue weighted by molar-refractivity contribution is 0.0947. The van der Waals surface area contributed by atoms with Gasteiger partial charge in [0.2, 0.25) is 10.0 Å². The molecule has 0 spiro atoms. The summed E-state index contributed by atoms with van der Waals surface area (Å²) in [7, 11) is -3.50. The first kappa shape index (κ1) is 21.3. The van der Waals surface area contributed by atoms with Crippen molar-refractivity contribution in [2.45, 2.75) is 31.6 Å². The number of carbonyl (C=O) groups excluding carboxylic acids is 1. The smallest absolute Gasteiger partial charge is 0.251 e. The number of benzene rings is 2. The van der Waals surface area contributed by atoms with Crippen LogP contribution in [0.3, 0.4) is 0 Å². The molecule has 1 N–H and O–H groups in total. The van der Waals surface area contributed by atoms with Crippen molar-refractivity contribution in [2.24, 2.45) is 5.92 Å². The van der Waals surface area contributed by atoms with Crippen LogP contribution in [0.25, 0.3) is 0 Å². The molecule has 3 rings (SSSR count). The lowest BCUT2D eigenvalue weighted by Gasteiger charge is -2.29. The second-order valence-electron chi connectivity index (χ2n) is 7.53. The number of hydrogen-bond acceptors (Lipinski definition) is 4. The molecule has 1 fully saturated rings. The number of ether oxygens (including phenoxy) is 1. The number of carbonyl (C=O) groups is 1. The summed E-state index contributed by atoms with van der Waals surface area (Å²) in [6, 6.07) is 13.8. The molecular weight excluding hydrogens is 388 g/mol. The van der Waals surface area contributed by atoms with Crippen LogP contribution in [-0.4, -0.2) is 44.9 Å². The van der Waals surface area contributed by atoms with Gasteiger partial charge in [0, 0.05) is 18.7 Å². The summed E-state index contributed by atoms with van der Waals surface area (Å²) >= 11 is 0. The molecule has 1 saturated heterocycles. The van der Waals surface area contributed by atoms with Gasteiger partial charge >= 0.3 is 0 Å². The molecule has 0 bridgehead atoms. The minimum atomic E-state index is -3.50. The van der Waals surface area contributed by atoms with E-state index in [1.54, 1.807) is 12.1 Å².